The first kappa shape index (κ1) is 11.3. The number of carbonyl (C=O) groups excluding carboxylic acids is 2. The maximum absolute atomic E-state index is 11.6. The molecule has 0 fully saturated rings. The normalized spacial score (nSPS) is 9.94. The molecular formula is C15H12O2. The van der Waals surface area contributed by atoms with Gasteiger partial charge in [0, 0.05) is 11.1 Å². The Morgan fingerprint density at radius 3 is 2.35 bits per heavy atom. The second-order valence-corrected chi connectivity index (χ2v) is 3.85. The average molecular weight is 224 g/mol. The first-order valence-corrected chi connectivity index (χ1v) is 5.38. The van der Waals surface area contributed by atoms with E-state index >= 15 is 0 Å². The molecule has 0 radical (unpaired) electrons. The molecule has 2 aromatic carbocycles. The fourth-order valence-electron chi connectivity index (χ4n) is 1.80. The van der Waals surface area contributed by atoms with Gasteiger partial charge in [-0.15, -0.1) is 0 Å². The summed E-state index contributed by atoms with van der Waals surface area (Å²) in [6.07, 6.45) is 0.751. The number of hydrogen-bond donors (Lipinski definition) is 0. The molecule has 0 spiro atoms. The number of Topliss-reactive ketones (excluding diaryl/α,β-unsaturated/α-hetero) is 1. The Labute approximate surface area is 99.9 Å². The van der Waals surface area contributed by atoms with E-state index in [1.165, 1.54) is 6.92 Å². The molecule has 0 N–H and O–H groups in total. The first-order chi connectivity index (χ1) is 8.22. The van der Waals surface area contributed by atoms with Crippen molar-refractivity contribution < 1.29 is 9.59 Å². The van der Waals surface area contributed by atoms with E-state index in [1.807, 2.05) is 36.4 Å². The third kappa shape index (κ3) is 2.31. The molecule has 17 heavy (non-hydrogen) atoms. The molecule has 0 atom stereocenters. The van der Waals surface area contributed by atoms with Crippen LogP contribution in [0.5, 0.6) is 0 Å². The minimum atomic E-state index is -0.0347. The lowest BCUT2D eigenvalue weighted by Gasteiger charge is -2.07. The summed E-state index contributed by atoms with van der Waals surface area (Å²) in [5, 5.41) is 0. The molecule has 2 heteroatoms. The van der Waals surface area contributed by atoms with Crippen molar-refractivity contribution >= 4 is 12.1 Å². The van der Waals surface area contributed by atoms with Crippen LogP contribution in [0.4, 0.5) is 0 Å². The average Bonchev–Trinajstić information content (AvgIpc) is 2.39. The molecule has 84 valence electrons. The van der Waals surface area contributed by atoms with Gasteiger partial charge in [0.25, 0.3) is 0 Å². The molecule has 2 aromatic rings. The first-order valence-electron chi connectivity index (χ1n) is 5.38. The van der Waals surface area contributed by atoms with E-state index in [4.69, 9.17) is 0 Å². The molecule has 0 bridgehead atoms. The Bertz CT molecular complexity index is 556. The van der Waals surface area contributed by atoms with Crippen LogP contribution in [0.3, 0.4) is 0 Å². The molecule has 0 saturated heterocycles. The van der Waals surface area contributed by atoms with Crippen molar-refractivity contribution in [2.75, 3.05) is 0 Å². The van der Waals surface area contributed by atoms with Gasteiger partial charge >= 0.3 is 0 Å². The van der Waals surface area contributed by atoms with Gasteiger partial charge in [0.05, 0.1) is 0 Å². The van der Waals surface area contributed by atoms with Crippen LogP contribution in [0.25, 0.3) is 11.1 Å². The van der Waals surface area contributed by atoms with Crippen molar-refractivity contribution in [3.63, 3.8) is 0 Å². The van der Waals surface area contributed by atoms with Crippen LogP contribution >= 0.6 is 0 Å². The van der Waals surface area contributed by atoms with Crippen molar-refractivity contribution in [2.24, 2.45) is 0 Å². The van der Waals surface area contributed by atoms with Crippen LogP contribution in [0.1, 0.15) is 27.6 Å². The van der Waals surface area contributed by atoms with Crippen molar-refractivity contribution in [1.82, 2.24) is 0 Å². The molecule has 0 aliphatic heterocycles. The Balaban J connectivity index is 2.62. The SMILES string of the molecule is CC(=O)c1cc(C=O)ccc1-c1ccccc1. The van der Waals surface area contributed by atoms with Crippen LogP contribution < -0.4 is 0 Å². The third-order valence-corrected chi connectivity index (χ3v) is 2.64. The number of ketones is 1. The van der Waals surface area contributed by atoms with Crippen LogP contribution in [-0.2, 0) is 0 Å². The summed E-state index contributed by atoms with van der Waals surface area (Å²) in [6, 6.07) is 14.8. The minimum absolute atomic E-state index is 0.0347. The Hall–Kier alpha value is -2.22. The molecule has 0 unspecified atom stereocenters. The Kier molecular flexibility index (Phi) is 3.15. The molecule has 2 nitrogen and oxygen atoms in total. The van der Waals surface area contributed by atoms with Gasteiger partial charge in [-0.3, -0.25) is 9.59 Å². The highest BCUT2D eigenvalue weighted by molar-refractivity contribution is 6.02. The second kappa shape index (κ2) is 4.74. The highest BCUT2D eigenvalue weighted by Gasteiger charge is 2.09. The lowest BCUT2D eigenvalue weighted by atomic mass is 9.96. The number of rotatable bonds is 3. The summed E-state index contributed by atoms with van der Waals surface area (Å²) < 4.78 is 0. The molecule has 0 heterocycles. The minimum Gasteiger partial charge on any atom is -0.298 e. The molecule has 0 aliphatic rings. The summed E-state index contributed by atoms with van der Waals surface area (Å²) >= 11 is 0. The fourth-order valence-corrected chi connectivity index (χ4v) is 1.80. The van der Waals surface area contributed by atoms with Crippen LogP contribution in [0, 0.1) is 0 Å². The number of hydrogen-bond acceptors (Lipinski definition) is 2. The highest BCUT2D eigenvalue weighted by Crippen LogP contribution is 2.24. The van der Waals surface area contributed by atoms with Crippen LogP contribution in [0.2, 0.25) is 0 Å². The summed E-state index contributed by atoms with van der Waals surface area (Å²) in [6.45, 7) is 1.51. The maximum atomic E-state index is 11.6. The van der Waals surface area contributed by atoms with Gasteiger partial charge in [-0.25, -0.2) is 0 Å². The van der Waals surface area contributed by atoms with Gasteiger partial charge in [-0.1, -0.05) is 42.5 Å². The maximum Gasteiger partial charge on any atom is 0.160 e. The summed E-state index contributed by atoms with van der Waals surface area (Å²) in [5.41, 5.74) is 2.95. The summed E-state index contributed by atoms with van der Waals surface area (Å²) in [7, 11) is 0. The van der Waals surface area contributed by atoms with E-state index in [0.717, 1.165) is 17.4 Å². The van der Waals surface area contributed by atoms with E-state index in [0.29, 0.717) is 11.1 Å². The number of benzene rings is 2. The zero-order chi connectivity index (χ0) is 12.3. The van der Waals surface area contributed by atoms with Gasteiger partial charge in [-0.05, 0) is 24.1 Å². The molecular weight excluding hydrogens is 212 g/mol. The third-order valence-electron chi connectivity index (χ3n) is 2.64. The zero-order valence-electron chi connectivity index (χ0n) is 9.51. The van der Waals surface area contributed by atoms with E-state index in [2.05, 4.69) is 0 Å². The van der Waals surface area contributed by atoms with Crippen molar-refractivity contribution in [2.45, 2.75) is 6.92 Å². The number of carbonyl (C=O) groups is 2. The number of aldehydes is 1. The highest BCUT2D eigenvalue weighted by atomic mass is 16.1. The van der Waals surface area contributed by atoms with Gasteiger partial charge in [-0.2, -0.15) is 0 Å². The topological polar surface area (TPSA) is 34.1 Å². The van der Waals surface area contributed by atoms with Gasteiger partial charge in [0.2, 0.25) is 0 Å². The predicted octanol–water partition coefficient (Wildman–Crippen LogP) is 3.37. The van der Waals surface area contributed by atoms with Gasteiger partial charge in [0.1, 0.15) is 6.29 Å². The van der Waals surface area contributed by atoms with E-state index < -0.39 is 0 Å². The molecule has 0 saturated carbocycles. The zero-order valence-corrected chi connectivity index (χ0v) is 9.51. The lowest BCUT2D eigenvalue weighted by Crippen LogP contribution is -1.97. The van der Waals surface area contributed by atoms with Crippen molar-refractivity contribution in [1.29, 1.82) is 0 Å². The molecule has 0 aromatic heterocycles. The molecule has 0 aliphatic carbocycles. The van der Waals surface area contributed by atoms with E-state index in [1.54, 1.807) is 12.1 Å². The second-order valence-electron chi connectivity index (χ2n) is 3.85. The monoisotopic (exact) mass is 224 g/mol. The van der Waals surface area contributed by atoms with Crippen molar-refractivity contribution in [3.8, 4) is 11.1 Å². The Morgan fingerprint density at radius 2 is 1.76 bits per heavy atom. The lowest BCUT2D eigenvalue weighted by molar-refractivity contribution is 0.101. The molecule has 0 amide bonds. The quantitative estimate of drug-likeness (QED) is 0.591. The predicted molar refractivity (Wildman–Crippen MR) is 67.3 cm³/mol. The van der Waals surface area contributed by atoms with E-state index in [9.17, 15) is 9.59 Å². The smallest absolute Gasteiger partial charge is 0.160 e. The standard InChI is InChI=1S/C15H12O2/c1-11(17)15-9-12(10-16)7-8-14(15)13-5-3-2-4-6-13/h2-10H,1H3. The largest absolute Gasteiger partial charge is 0.298 e. The van der Waals surface area contributed by atoms with Crippen molar-refractivity contribution in [3.05, 3.63) is 59.7 Å². The van der Waals surface area contributed by atoms with Gasteiger partial charge < -0.3 is 0 Å². The summed E-state index contributed by atoms with van der Waals surface area (Å²) in [4.78, 5) is 22.3. The summed E-state index contributed by atoms with van der Waals surface area (Å²) in [5.74, 6) is -0.0347. The fraction of sp³-hybridized carbons (Fsp3) is 0.0667. The van der Waals surface area contributed by atoms with Crippen LogP contribution in [0.15, 0.2) is 48.5 Å². The molecule has 2 rings (SSSR count). The van der Waals surface area contributed by atoms with Crippen LogP contribution in [-0.4, -0.2) is 12.1 Å². The van der Waals surface area contributed by atoms with E-state index in [-0.39, 0.29) is 5.78 Å². The Morgan fingerprint density at radius 1 is 1.06 bits per heavy atom. The van der Waals surface area contributed by atoms with Gasteiger partial charge in [0.15, 0.2) is 5.78 Å².